The minimum Gasteiger partial charge on any atom is -0.475 e. The first kappa shape index (κ1) is 33.5. The van der Waals surface area contributed by atoms with Crippen LogP contribution in [0.1, 0.15) is 30.1 Å². The number of halogens is 7. The molecule has 1 aromatic carbocycles. The molecular weight excluding hydrogens is 595 g/mol. The number of carboxylic acids is 2. The monoisotopic (exact) mass is 623 g/mol. The van der Waals surface area contributed by atoms with Crippen LogP contribution in [-0.2, 0) is 20.9 Å². The smallest absolute Gasteiger partial charge is 0.475 e. The third-order valence-electron chi connectivity index (χ3n) is 6.38. The van der Waals surface area contributed by atoms with Crippen LogP contribution in [-0.4, -0.2) is 93.4 Å². The molecule has 2 fully saturated rings. The summed E-state index contributed by atoms with van der Waals surface area (Å²) in [6.07, 6.45) is -5.86. The van der Waals surface area contributed by atoms with Gasteiger partial charge in [-0.25, -0.2) is 23.5 Å². The maximum Gasteiger partial charge on any atom is 0.490 e. The number of morpholine rings is 1. The van der Waals surface area contributed by atoms with Gasteiger partial charge in [0.15, 0.2) is 11.5 Å². The van der Waals surface area contributed by atoms with Crippen LogP contribution < -0.4 is 4.90 Å². The van der Waals surface area contributed by atoms with Crippen molar-refractivity contribution >= 4 is 23.3 Å². The number of nitrogens with zero attached hydrogens (tertiary/aromatic N) is 5. The second-order valence-corrected chi connectivity index (χ2v) is 9.57. The van der Waals surface area contributed by atoms with Crippen molar-refractivity contribution in [2.24, 2.45) is 0 Å². The van der Waals surface area contributed by atoms with Crippen LogP contribution in [0.5, 0.6) is 0 Å². The Balaban J connectivity index is 0.000000303. The van der Waals surface area contributed by atoms with Gasteiger partial charge in [0.2, 0.25) is 0 Å². The van der Waals surface area contributed by atoms with E-state index in [1.54, 1.807) is 0 Å². The van der Waals surface area contributed by atoms with Gasteiger partial charge in [-0.2, -0.15) is 31.4 Å². The number of pyridine rings is 1. The van der Waals surface area contributed by atoms with Gasteiger partial charge in [0.05, 0.1) is 25.1 Å². The first-order valence-corrected chi connectivity index (χ1v) is 12.9. The molecule has 17 heteroatoms. The van der Waals surface area contributed by atoms with Crippen molar-refractivity contribution in [3.63, 3.8) is 0 Å². The summed E-state index contributed by atoms with van der Waals surface area (Å²) in [5.41, 5.74) is 3.21. The predicted molar refractivity (Wildman–Crippen MR) is 137 cm³/mol. The molecule has 1 unspecified atom stereocenters. The summed E-state index contributed by atoms with van der Waals surface area (Å²) in [5.74, 6) is -4.44. The Bertz CT molecular complexity index is 1340. The van der Waals surface area contributed by atoms with Crippen LogP contribution in [0.2, 0.25) is 0 Å². The zero-order valence-electron chi connectivity index (χ0n) is 22.5. The van der Waals surface area contributed by atoms with Crippen molar-refractivity contribution in [1.29, 1.82) is 0 Å². The second-order valence-electron chi connectivity index (χ2n) is 9.57. The minimum atomic E-state index is -5.08. The number of piperidine rings is 1. The van der Waals surface area contributed by atoms with Gasteiger partial charge in [-0.1, -0.05) is 12.1 Å². The lowest BCUT2D eigenvalue weighted by atomic mass is 9.97. The molecule has 5 rings (SSSR count). The summed E-state index contributed by atoms with van der Waals surface area (Å²) in [6.45, 7) is 6.19. The maximum atomic E-state index is 13.2. The predicted octanol–water partition coefficient (Wildman–Crippen LogP) is 4.35. The molecule has 0 aliphatic carbocycles. The van der Waals surface area contributed by atoms with Gasteiger partial charge < -0.3 is 19.8 Å². The molecule has 4 heterocycles. The SMILES string of the molecule is Fc1ccc(CN2CCCC(c3nc4ccc(N5CCOCC5)cn4n3)C2)cc1.O=C(O)C(F)(F)F.O=C(O)C(F)(F)F. The first-order valence-electron chi connectivity index (χ1n) is 12.9. The van der Waals surface area contributed by atoms with E-state index in [1.165, 1.54) is 17.8 Å². The van der Waals surface area contributed by atoms with Crippen LogP contribution in [0.3, 0.4) is 0 Å². The molecule has 3 aromatic rings. The summed E-state index contributed by atoms with van der Waals surface area (Å²) in [5, 5.41) is 19.1. The summed E-state index contributed by atoms with van der Waals surface area (Å²) in [6, 6.07) is 11.0. The number of aromatic nitrogens is 3. The van der Waals surface area contributed by atoms with E-state index in [-0.39, 0.29) is 5.82 Å². The van der Waals surface area contributed by atoms with Crippen LogP contribution in [0.15, 0.2) is 42.6 Å². The molecule has 0 spiro atoms. The number of rotatable bonds is 4. The van der Waals surface area contributed by atoms with E-state index in [2.05, 4.69) is 28.1 Å². The average Bonchev–Trinajstić information content (AvgIpc) is 3.38. The lowest BCUT2D eigenvalue weighted by Gasteiger charge is -2.31. The number of hydrogen-bond donors (Lipinski definition) is 2. The number of hydrogen-bond acceptors (Lipinski definition) is 7. The van der Waals surface area contributed by atoms with E-state index in [9.17, 15) is 30.7 Å². The number of fused-ring (bicyclic) bond motifs is 1. The lowest BCUT2D eigenvalue weighted by molar-refractivity contribution is -0.193. The summed E-state index contributed by atoms with van der Waals surface area (Å²) in [7, 11) is 0. The average molecular weight is 624 g/mol. The molecule has 2 aromatic heterocycles. The fraction of sp³-hybridized carbons (Fsp3) is 0.462. The maximum absolute atomic E-state index is 13.2. The Morgan fingerprint density at radius 1 is 0.907 bits per heavy atom. The highest BCUT2D eigenvalue weighted by Crippen LogP contribution is 2.27. The molecule has 2 saturated heterocycles. The third-order valence-corrected chi connectivity index (χ3v) is 6.38. The van der Waals surface area contributed by atoms with Gasteiger partial charge in [-0.15, -0.1) is 0 Å². The van der Waals surface area contributed by atoms with Gasteiger partial charge in [-0.05, 0) is 49.2 Å². The molecule has 2 N–H and O–H groups in total. The Morgan fingerprint density at radius 2 is 1.49 bits per heavy atom. The van der Waals surface area contributed by atoms with Crippen molar-refractivity contribution in [2.75, 3.05) is 44.3 Å². The van der Waals surface area contributed by atoms with Crippen molar-refractivity contribution in [2.45, 2.75) is 37.7 Å². The number of ether oxygens (including phenoxy) is 1. The zero-order chi connectivity index (χ0) is 31.8. The van der Waals surface area contributed by atoms with Gasteiger partial charge in [0.25, 0.3) is 0 Å². The summed E-state index contributed by atoms with van der Waals surface area (Å²) in [4.78, 5) is 27.4. The molecule has 0 bridgehead atoms. The number of likely N-dealkylation sites (tertiary alicyclic amines) is 1. The van der Waals surface area contributed by atoms with E-state index in [0.29, 0.717) is 5.92 Å². The molecule has 236 valence electrons. The highest BCUT2D eigenvalue weighted by atomic mass is 19.4. The molecule has 10 nitrogen and oxygen atoms in total. The molecule has 2 aliphatic rings. The first-order chi connectivity index (χ1) is 20.1. The molecule has 1 atom stereocenters. The van der Waals surface area contributed by atoms with Gasteiger partial charge >= 0.3 is 24.3 Å². The van der Waals surface area contributed by atoms with E-state index >= 15 is 0 Å². The Morgan fingerprint density at radius 3 is 2.05 bits per heavy atom. The largest absolute Gasteiger partial charge is 0.490 e. The Kier molecular flexibility index (Phi) is 11.3. The highest BCUT2D eigenvalue weighted by Gasteiger charge is 2.38. The van der Waals surface area contributed by atoms with Gasteiger partial charge in [0, 0.05) is 32.1 Å². The number of carboxylic acid groups (broad SMARTS) is 2. The topological polar surface area (TPSA) is 121 Å². The number of benzene rings is 1. The van der Waals surface area contributed by atoms with Crippen molar-refractivity contribution < 1.29 is 55.3 Å². The van der Waals surface area contributed by atoms with Gasteiger partial charge in [0.1, 0.15) is 5.82 Å². The van der Waals surface area contributed by atoms with E-state index in [4.69, 9.17) is 34.6 Å². The molecule has 43 heavy (non-hydrogen) atoms. The van der Waals surface area contributed by atoms with Crippen LogP contribution in [0.25, 0.3) is 5.65 Å². The van der Waals surface area contributed by atoms with E-state index < -0.39 is 24.3 Å². The number of alkyl halides is 6. The van der Waals surface area contributed by atoms with Crippen LogP contribution in [0.4, 0.5) is 36.4 Å². The van der Waals surface area contributed by atoms with Gasteiger partial charge in [-0.3, -0.25) is 4.90 Å². The highest BCUT2D eigenvalue weighted by molar-refractivity contribution is 5.73. The molecule has 0 amide bonds. The lowest BCUT2D eigenvalue weighted by Crippen LogP contribution is -2.36. The Hall–Kier alpha value is -3.99. The second kappa shape index (κ2) is 14.5. The molecular formula is C26H28F7N5O5. The quantitative estimate of drug-likeness (QED) is 0.409. The van der Waals surface area contributed by atoms with E-state index in [1.807, 2.05) is 16.6 Å². The zero-order valence-corrected chi connectivity index (χ0v) is 22.5. The van der Waals surface area contributed by atoms with Crippen molar-refractivity contribution in [1.82, 2.24) is 19.5 Å². The summed E-state index contributed by atoms with van der Waals surface area (Å²) < 4.78 is 84.0. The fourth-order valence-electron chi connectivity index (χ4n) is 4.33. The number of carbonyl (C=O) groups is 2. The van der Waals surface area contributed by atoms with Crippen molar-refractivity contribution in [3.05, 3.63) is 59.8 Å². The van der Waals surface area contributed by atoms with Crippen molar-refractivity contribution in [3.8, 4) is 0 Å². The minimum absolute atomic E-state index is 0.185. The Labute approximate surface area is 240 Å². The standard InChI is InChI=1S/C22H26FN5O.2C2HF3O2/c23-19-5-3-17(4-6-19)14-26-9-1-2-18(15-26)22-24-21-8-7-20(16-28(21)25-22)27-10-12-29-13-11-27;2*3-2(4,5)1(6)7/h3-8,16,18H,1-2,9-15H2;2*(H,6,7). The molecule has 0 saturated carbocycles. The third kappa shape index (κ3) is 10.3. The summed E-state index contributed by atoms with van der Waals surface area (Å²) >= 11 is 0. The van der Waals surface area contributed by atoms with E-state index in [0.717, 1.165) is 75.8 Å². The fourth-order valence-corrected chi connectivity index (χ4v) is 4.33. The van der Waals surface area contributed by atoms with Crippen LogP contribution >= 0.6 is 0 Å². The molecule has 0 radical (unpaired) electrons. The number of anilines is 1. The molecule has 2 aliphatic heterocycles. The normalized spacial score (nSPS) is 17.8. The number of aliphatic carboxylic acids is 2. The van der Waals surface area contributed by atoms with Crippen LogP contribution in [0, 0.1) is 5.82 Å².